The minimum Gasteiger partial charge on any atom is -0.490 e. The number of amides is 1. The Morgan fingerprint density at radius 2 is 1.95 bits per heavy atom. The molecule has 0 radical (unpaired) electrons. The summed E-state index contributed by atoms with van der Waals surface area (Å²) in [7, 11) is 0. The number of rotatable bonds is 5. The summed E-state index contributed by atoms with van der Waals surface area (Å²) in [6, 6.07) is 5.06. The number of benzene rings is 1. The van der Waals surface area contributed by atoms with Gasteiger partial charge in [0.1, 0.15) is 11.2 Å². The van der Waals surface area contributed by atoms with E-state index in [-0.39, 0.29) is 6.10 Å². The molecule has 2 N–H and O–H groups in total. The Morgan fingerprint density at radius 1 is 1.35 bits per heavy atom. The van der Waals surface area contributed by atoms with E-state index in [2.05, 4.69) is 21.2 Å². The Balaban J connectivity index is 2.94. The van der Waals surface area contributed by atoms with Crippen molar-refractivity contribution in [2.45, 2.75) is 33.8 Å². The number of carbonyl (C=O) groups is 2. The Labute approximate surface area is 126 Å². The van der Waals surface area contributed by atoms with Crippen LogP contribution in [0.2, 0.25) is 0 Å². The molecular formula is C14H18BrNO4. The number of carboxylic acid groups (broad SMARTS) is 1. The molecule has 0 fully saturated rings. The molecule has 0 aliphatic carbocycles. The van der Waals surface area contributed by atoms with Crippen molar-refractivity contribution in [2.75, 3.05) is 5.32 Å². The summed E-state index contributed by atoms with van der Waals surface area (Å²) in [5.41, 5.74) is -1.00. The van der Waals surface area contributed by atoms with Crippen molar-refractivity contribution >= 4 is 33.5 Å². The van der Waals surface area contributed by atoms with Crippen LogP contribution in [0.15, 0.2) is 22.7 Å². The van der Waals surface area contributed by atoms with E-state index in [4.69, 9.17) is 9.84 Å². The molecule has 0 saturated heterocycles. The van der Waals surface area contributed by atoms with Crippen LogP contribution < -0.4 is 10.1 Å². The van der Waals surface area contributed by atoms with Gasteiger partial charge in [0.2, 0.25) is 5.91 Å². The molecule has 6 heteroatoms. The number of hydrogen-bond donors (Lipinski definition) is 2. The van der Waals surface area contributed by atoms with Crippen LogP contribution in [0.25, 0.3) is 0 Å². The molecule has 0 aliphatic rings. The zero-order valence-corrected chi connectivity index (χ0v) is 13.4. The lowest BCUT2D eigenvalue weighted by Gasteiger charge is -2.19. The largest absolute Gasteiger partial charge is 0.490 e. The zero-order valence-electron chi connectivity index (χ0n) is 11.9. The molecule has 0 saturated carbocycles. The van der Waals surface area contributed by atoms with Crippen LogP contribution in [0.3, 0.4) is 0 Å². The van der Waals surface area contributed by atoms with Crippen molar-refractivity contribution in [1.29, 1.82) is 0 Å². The molecule has 1 aromatic rings. The standard InChI is InChI=1S/C14H18BrNO4/c1-8(2)20-11-7-9(5-6-10(11)15)16-12(17)14(3,4)13(18)19/h5-8H,1-4H3,(H,16,17)(H,18,19). The summed E-state index contributed by atoms with van der Waals surface area (Å²) in [5.74, 6) is -1.17. The fraction of sp³-hybridized carbons (Fsp3) is 0.429. The number of carbonyl (C=O) groups excluding carboxylic acids is 1. The average molecular weight is 344 g/mol. The molecule has 1 rings (SSSR count). The zero-order chi connectivity index (χ0) is 15.5. The molecule has 0 unspecified atom stereocenters. The highest BCUT2D eigenvalue weighted by Gasteiger charge is 2.36. The van der Waals surface area contributed by atoms with Gasteiger partial charge >= 0.3 is 5.97 Å². The van der Waals surface area contributed by atoms with Crippen LogP contribution in [0.4, 0.5) is 5.69 Å². The number of nitrogens with one attached hydrogen (secondary N) is 1. The minimum absolute atomic E-state index is 0.00675. The number of carboxylic acids is 1. The number of anilines is 1. The second kappa shape index (κ2) is 6.26. The van der Waals surface area contributed by atoms with E-state index >= 15 is 0 Å². The van der Waals surface area contributed by atoms with Gasteiger partial charge in [-0.1, -0.05) is 0 Å². The molecule has 0 heterocycles. The Bertz CT molecular complexity index is 526. The van der Waals surface area contributed by atoms with Crippen LogP contribution in [0, 0.1) is 5.41 Å². The first-order valence-electron chi connectivity index (χ1n) is 6.15. The monoisotopic (exact) mass is 343 g/mol. The van der Waals surface area contributed by atoms with Gasteiger partial charge in [0, 0.05) is 11.8 Å². The SMILES string of the molecule is CC(C)Oc1cc(NC(=O)C(C)(C)C(=O)O)ccc1Br. The number of aliphatic carboxylic acids is 1. The molecule has 110 valence electrons. The van der Waals surface area contributed by atoms with Crippen LogP contribution in [0.5, 0.6) is 5.75 Å². The van der Waals surface area contributed by atoms with Crippen molar-refractivity contribution in [2.24, 2.45) is 5.41 Å². The van der Waals surface area contributed by atoms with Crippen molar-refractivity contribution in [3.8, 4) is 5.75 Å². The van der Waals surface area contributed by atoms with E-state index in [9.17, 15) is 9.59 Å². The average Bonchev–Trinajstić information content (AvgIpc) is 2.32. The topological polar surface area (TPSA) is 75.6 Å². The van der Waals surface area contributed by atoms with Crippen molar-refractivity contribution in [3.63, 3.8) is 0 Å². The van der Waals surface area contributed by atoms with E-state index < -0.39 is 17.3 Å². The molecule has 0 aromatic heterocycles. The highest BCUT2D eigenvalue weighted by atomic mass is 79.9. The lowest BCUT2D eigenvalue weighted by molar-refractivity contribution is -0.151. The van der Waals surface area contributed by atoms with E-state index in [0.29, 0.717) is 11.4 Å². The van der Waals surface area contributed by atoms with Crippen LogP contribution in [0.1, 0.15) is 27.7 Å². The summed E-state index contributed by atoms with van der Waals surface area (Å²) in [6.45, 7) is 6.50. The van der Waals surface area contributed by atoms with Crippen LogP contribution in [-0.4, -0.2) is 23.1 Å². The summed E-state index contributed by atoms with van der Waals surface area (Å²) in [4.78, 5) is 23.0. The molecule has 1 aromatic carbocycles. The highest BCUT2D eigenvalue weighted by Crippen LogP contribution is 2.30. The van der Waals surface area contributed by atoms with E-state index in [1.807, 2.05) is 13.8 Å². The lowest BCUT2D eigenvalue weighted by Crippen LogP contribution is -2.37. The van der Waals surface area contributed by atoms with Gasteiger partial charge in [0.05, 0.1) is 10.6 Å². The molecule has 1 amide bonds. The lowest BCUT2D eigenvalue weighted by atomic mass is 9.92. The van der Waals surface area contributed by atoms with Gasteiger partial charge in [-0.3, -0.25) is 9.59 Å². The third kappa shape index (κ3) is 3.96. The van der Waals surface area contributed by atoms with Gasteiger partial charge in [-0.25, -0.2) is 0 Å². The minimum atomic E-state index is -1.49. The van der Waals surface area contributed by atoms with Crippen molar-refractivity contribution in [3.05, 3.63) is 22.7 Å². The van der Waals surface area contributed by atoms with E-state index in [1.165, 1.54) is 13.8 Å². The molecular weight excluding hydrogens is 326 g/mol. The van der Waals surface area contributed by atoms with E-state index in [1.54, 1.807) is 18.2 Å². The van der Waals surface area contributed by atoms with Crippen molar-refractivity contribution < 1.29 is 19.4 Å². The smallest absolute Gasteiger partial charge is 0.318 e. The predicted octanol–water partition coefficient (Wildman–Crippen LogP) is 3.29. The number of hydrogen-bond acceptors (Lipinski definition) is 3. The Hall–Kier alpha value is -1.56. The molecule has 0 atom stereocenters. The maximum Gasteiger partial charge on any atom is 0.318 e. The number of halogens is 1. The maximum absolute atomic E-state index is 11.9. The third-order valence-electron chi connectivity index (χ3n) is 2.65. The first-order chi connectivity index (χ1) is 9.14. The van der Waals surface area contributed by atoms with Crippen molar-refractivity contribution in [1.82, 2.24) is 0 Å². The highest BCUT2D eigenvalue weighted by molar-refractivity contribution is 9.10. The summed E-state index contributed by atoms with van der Waals surface area (Å²) in [6.07, 6.45) is -0.00675. The van der Waals surface area contributed by atoms with Crippen LogP contribution in [-0.2, 0) is 9.59 Å². The predicted molar refractivity (Wildman–Crippen MR) is 80.0 cm³/mol. The molecule has 20 heavy (non-hydrogen) atoms. The van der Waals surface area contributed by atoms with Gasteiger partial charge in [-0.15, -0.1) is 0 Å². The normalized spacial score (nSPS) is 11.3. The van der Waals surface area contributed by atoms with Gasteiger partial charge < -0.3 is 15.2 Å². The van der Waals surface area contributed by atoms with Gasteiger partial charge in [-0.05, 0) is 55.8 Å². The summed E-state index contributed by atoms with van der Waals surface area (Å²) < 4.78 is 6.35. The quantitative estimate of drug-likeness (QED) is 0.804. The second-order valence-electron chi connectivity index (χ2n) is 5.20. The van der Waals surface area contributed by atoms with E-state index in [0.717, 1.165) is 4.47 Å². The van der Waals surface area contributed by atoms with Gasteiger partial charge in [0.15, 0.2) is 0 Å². The fourth-order valence-corrected chi connectivity index (χ4v) is 1.65. The maximum atomic E-state index is 11.9. The fourth-order valence-electron chi connectivity index (χ4n) is 1.31. The molecule has 0 bridgehead atoms. The Morgan fingerprint density at radius 3 is 2.45 bits per heavy atom. The first kappa shape index (κ1) is 16.5. The Kier molecular flexibility index (Phi) is 5.16. The molecule has 5 nitrogen and oxygen atoms in total. The third-order valence-corrected chi connectivity index (χ3v) is 3.31. The number of ether oxygens (including phenoxy) is 1. The summed E-state index contributed by atoms with van der Waals surface area (Å²) in [5, 5.41) is 11.6. The van der Waals surface area contributed by atoms with Gasteiger partial charge in [-0.2, -0.15) is 0 Å². The summed E-state index contributed by atoms with van der Waals surface area (Å²) >= 11 is 3.36. The molecule has 0 spiro atoms. The first-order valence-corrected chi connectivity index (χ1v) is 6.95. The van der Waals surface area contributed by atoms with Crippen LogP contribution >= 0.6 is 15.9 Å². The molecule has 0 aliphatic heterocycles. The van der Waals surface area contributed by atoms with Gasteiger partial charge in [0.25, 0.3) is 0 Å². The second-order valence-corrected chi connectivity index (χ2v) is 6.05.